The Balaban J connectivity index is 1.45. The number of amides is 3. The summed E-state index contributed by atoms with van der Waals surface area (Å²) in [5, 5.41) is 5.96. The summed E-state index contributed by atoms with van der Waals surface area (Å²) in [5.74, 6) is -0.338. The smallest absolute Gasteiger partial charge is 0.410 e. The van der Waals surface area contributed by atoms with Crippen molar-refractivity contribution in [3.63, 3.8) is 0 Å². The third kappa shape index (κ3) is 8.72. The van der Waals surface area contributed by atoms with Gasteiger partial charge in [-0.15, -0.1) is 0 Å². The third-order valence-electron chi connectivity index (χ3n) is 5.71. The Morgan fingerprint density at radius 2 is 1.51 bits per heavy atom. The predicted molar refractivity (Wildman–Crippen MR) is 135 cm³/mol. The highest BCUT2D eigenvalue weighted by Crippen LogP contribution is 2.17. The van der Waals surface area contributed by atoms with E-state index >= 15 is 0 Å². The van der Waals surface area contributed by atoms with E-state index in [0.717, 1.165) is 18.7 Å². The van der Waals surface area contributed by atoms with E-state index < -0.39 is 11.6 Å². The number of nitrogens with zero attached hydrogens (tertiary/aromatic N) is 2. The molecule has 0 aromatic heterocycles. The topological polar surface area (TPSA) is 91.0 Å². The summed E-state index contributed by atoms with van der Waals surface area (Å²) in [5.41, 5.74) is 0.931. The second-order valence-corrected chi connectivity index (χ2v) is 9.67. The quantitative estimate of drug-likeness (QED) is 0.606. The molecule has 35 heavy (non-hydrogen) atoms. The van der Waals surface area contributed by atoms with Crippen LogP contribution in [-0.2, 0) is 9.53 Å². The van der Waals surface area contributed by atoms with Crippen LogP contribution in [0.5, 0.6) is 0 Å². The largest absolute Gasteiger partial charge is 0.444 e. The van der Waals surface area contributed by atoms with Crippen molar-refractivity contribution in [2.75, 3.05) is 39.3 Å². The second kappa shape index (κ2) is 12.4. The Morgan fingerprint density at radius 1 is 0.914 bits per heavy atom. The van der Waals surface area contributed by atoms with Crippen molar-refractivity contribution < 1.29 is 19.1 Å². The van der Waals surface area contributed by atoms with E-state index in [2.05, 4.69) is 15.5 Å². The molecule has 1 atom stereocenters. The monoisotopic (exact) mass is 480 g/mol. The lowest BCUT2D eigenvalue weighted by Crippen LogP contribution is -2.51. The molecule has 2 aromatic rings. The minimum atomic E-state index is -0.503. The summed E-state index contributed by atoms with van der Waals surface area (Å²) in [6.45, 7) is 9.44. The van der Waals surface area contributed by atoms with Crippen LogP contribution in [0, 0.1) is 0 Å². The summed E-state index contributed by atoms with van der Waals surface area (Å²) in [4.78, 5) is 41.6. The summed E-state index contributed by atoms with van der Waals surface area (Å²) < 4.78 is 5.44. The molecule has 0 saturated carbocycles. The van der Waals surface area contributed by atoms with E-state index in [9.17, 15) is 14.4 Å². The molecule has 0 spiro atoms. The standard InChI is InChI=1S/C27H36N4O4/c1-27(2,3)35-26(34)31-18-16-30(17-19-31)15-14-28-24(32)20-23(21-10-6-4-7-11-21)29-25(33)22-12-8-5-9-13-22/h4-13,23H,14-20H2,1-3H3,(H,28,32)(H,29,33). The van der Waals surface area contributed by atoms with Crippen molar-refractivity contribution in [3.05, 3.63) is 71.8 Å². The van der Waals surface area contributed by atoms with Crippen LogP contribution >= 0.6 is 0 Å². The second-order valence-electron chi connectivity index (χ2n) is 9.67. The number of hydrogen-bond donors (Lipinski definition) is 2. The van der Waals surface area contributed by atoms with Gasteiger partial charge in [0.25, 0.3) is 5.91 Å². The van der Waals surface area contributed by atoms with Gasteiger partial charge in [-0.05, 0) is 38.5 Å². The highest BCUT2D eigenvalue weighted by molar-refractivity contribution is 5.94. The molecule has 188 valence electrons. The van der Waals surface area contributed by atoms with Gasteiger partial charge in [-0.25, -0.2) is 4.79 Å². The van der Waals surface area contributed by atoms with E-state index in [0.29, 0.717) is 31.7 Å². The molecule has 1 heterocycles. The van der Waals surface area contributed by atoms with Crippen molar-refractivity contribution in [2.45, 2.75) is 38.8 Å². The minimum Gasteiger partial charge on any atom is -0.444 e. The highest BCUT2D eigenvalue weighted by Gasteiger charge is 2.26. The number of carbonyl (C=O) groups is 3. The first-order valence-corrected chi connectivity index (χ1v) is 12.1. The Bertz CT molecular complexity index is 968. The number of hydrogen-bond acceptors (Lipinski definition) is 5. The zero-order valence-corrected chi connectivity index (χ0v) is 20.8. The number of ether oxygens (including phenoxy) is 1. The predicted octanol–water partition coefficient (Wildman–Crippen LogP) is 3.22. The van der Waals surface area contributed by atoms with Crippen molar-refractivity contribution in [1.82, 2.24) is 20.4 Å². The first-order chi connectivity index (χ1) is 16.7. The Hall–Kier alpha value is -3.39. The number of nitrogens with one attached hydrogen (secondary N) is 2. The van der Waals surface area contributed by atoms with Gasteiger partial charge in [0.1, 0.15) is 5.60 Å². The molecule has 0 radical (unpaired) electrons. The molecule has 1 fully saturated rings. The van der Waals surface area contributed by atoms with Gasteiger partial charge in [0.05, 0.1) is 12.5 Å². The summed E-state index contributed by atoms with van der Waals surface area (Å²) in [7, 11) is 0. The Kier molecular flexibility index (Phi) is 9.25. The average molecular weight is 481 g/mol. The van der Waals surface area contributed by atoms with Gasteiger partial charge in [-0.2, -0.15) is 0 Å². The molecule has 8 nitrogen and oxygen atoms in total. The van der Waals surface area contributed by atoms with E-state index in [4.69, 9.17) is 4.74 Å². The number of benzene rings is 2. The number of carbonyl (C=O) groups excluding carboxylic acids is 3. The molecule has 2 N–H and O–H groups in total. The van der Waals surface area contributed by atoms with Gasteiger partial charge >= 0.3 is 6.09 Å². The van der Waals surface area contributed by atoms with Crippen molar-refractivity contribution in [3.8, 4) is 0 Å². The molecular weight excluding hydrogens is 444 g/mol. The molecule has 1 unspecified atom stereocenters. The third-order valence-corrected chi connectivity index (χ3v) is 5.71. The van der Waals surface area contributed by atoms with Crippen LogP contribution in [0.25, 0.3) is 0 Å². The molecule has 8 heteroatoms. The fraction of sp³-hybridized carbons (Fsp3) is 0.444. The van der Waals surface area contributed by atoms with Gasteiger partial charge in [0.2, 0.25) is 5.91 Å². The Labute approximate surface area is 207 Å². The molecule has 3 amide bonds. The zero-order chi connectivity index (χ0) is 25.3. The van der Waals surface area contributed by atoms with Crippen LogP contribution in [0.4, 0.5) is 4.79 Å². The van der Waals surface area contributed by atoms with Crippen molar-refractivity contribution in [1.29, 1.82) is 0 Å². The van der Waals surface area contributed by atoms with E-state index in [1.165, 1.54) is 0 Å². The van der Waals surface area contributed by atoms with Crippen LogP contribution < -0.4 is 10.6 Å². The average Bonchev–Trinajstić information content (AvgIpc) is 2.84. The van der Waals surface area contributed by atoms with Gasteiger partial charge < -0.3 is 20.3 Å². The maximum Gasteiger partial charge on any atom is 0.410 e. The lowest BCUT2D eigenvalue weighted by molar-refractivity contribution is -0.121. The van der Waals surface area contributed by atoms with Crippen LogP contribution in [0.3, 0.4) is 0 Å². The maximum atomic E-state index is 12.7. The first kappa shape index (κ1) is 26.2. The lowest BCUT2D eigenvalue weighted by atomic mass is 10.0. The van der Waals surface area contributed by atoms with Gasteiger partial charge in [0.15, 0.2) is 0 Å². The lowest BCUT2D eigenvalue weighted by Gasteiger charge is -2.35. The molecule has 0 bridgehead atoms. The minimum absolute atomic E-state index is 0.125. The van der Waals surface area contributed by atoms with E-state index in [-0.39, 0.29) is 24.3 Å². The van der Waals surface area contributed by atoms with Crippen molar-refractivity contribution in [2.24, 2.45) is 0 Å². The Morgan fingerprint density at radius 3 is 2.11 bits per heavy atom. The van der Waals surface area contributed by atoms with Gasteiger partial charge in [0, 0.05) is 44.8 Å². The number of piperazine rings is 1. The molecular formula is C27H36N4O4. The summed E-state index contributed by atoms with van der Waals surface area (Å²) in [6.07, 6.45) is -0.135. The first-order valence-electron chi connectivity index (χ1n) is 12.1. The molecule has 1 aliphatic heterocycles. The molecule has 3 rings (SSSR count). The van der Waals surface area contributed by atoms with E-state index in [1.807, 2.05) is 69.3 Å². The van der Waals surface area contributed by atoms with Crippen LogP contribution in [0.15, 0.2) is 60.7 Å². The summed E-state index contributed by atoms with van der Waals surface area (Å²) in [6, 6.07) is 18.1. The molecule has 1 saturated heterocycles. The van der Waals surface area contributed by atoms with Gasteiger partial charge in [-0.3, -0.25) is 14.5 Å². The van der Waals surface area contributed by atoms with Crippen molar-refractivity contribution >= 4 is 17.9 Å². The number of rotatable bonds is 8. The van der Waals surface area contributed by atoms with Crippen LogP contribution in [0.2, 0.25) is 0 Å². The van der Waals surface area contributed by atoms with E-state index in [1.54, 1.807) is 17.0 Å². The van der Waals surface area contributed by atoms with Crippen LogP contribution in [0.1, 0.15) is 49.2 Å². The zero-order valence-electron chi connectivity index (χ0n) is 20.8. The molecule has 0 aliphatic carbocycles. The fourth-order valence-electron chi connectivity index (χ4n) is 3.86. The van der Waals surface area contributed by atoms with Gasteiger partial charge in [-0.1, -0.05) is 48.5 Å². The molecule has 1 aliphatic rings. The van der Waals surface area contributed by atoms with Crippen LogP contribution in [-0.4, -0.2) is 72.6 Å². The molecule has 2 aromatic carbocycles. The SMILES string of the molecule is CC(C)(C)OC(=O)N1CCN(CCNC(=O)CC(NC(=O)c2ccccc2)c2ccccc2)CC1. The summed E-state index contributed by atoms with van der Waals surface area (Å²) >= 11 is 0. The maximum absolute atomic E-state index is 12.7. The highest BCUT2D eigenvalue weighted by atomic mass is 16.6. The fourth-order valence-corrected chi connectivity index (χ4v) is 3.86. The normalized spacial score (nSPS) is 15.2.